The molecule has 1 N–H and O–H groups in total. The number of ether oxygens (including phenoxy) is 2. The Hall–Kier alpha value is -2.18. The molecule has 1 aromatic carbocycles. The molecule has 2 rings (SSSR count). The summed E-state index contributed by atoms with van der Waals surface area (Å²) < 4.78 is 38.5. The second-order valence-corrected chi connectivity index (χ2v) is 7.52. The third-order valence-electron chi connectivity index (χ3n) is 4.10. The van der Waals surface area contributed by atoms with Crippen molar-refractivity contribution in [1.82, 2.24) is 5.32 Å². The van der Waals surface area contributed by atoms with Gasteiger partial charge in [0.15, 0.2) is 0 Å². The highest BCUT2D eigenvalue weighted by Crippen LogP contribution is 2.37. The van der Waals surface area contributed by atoms with Crippen molar-refractivity contribution in [1.29, 1.82) is 0 Å². The molecule has 0 spiro atoms. The quantitative estimate of drug-likeness (QED) is 0.813. The Kier molecular flexibility index (Phi) is 6.21. The van der Waals surface area contributed by atoms with Gasteiger partial charge in [0.25, 0.3) is 5.92 Å². The van der Waals surface area contributed by atoms with E-state index in [1.54, 1.807) is 20.8 Å². The lowest BCUT2D eigenvalue weighted by molar-refractivity contribution is -0.155. The fourth-order valence-electron chi connectivity index (χ4n) is 2.79. The van der Waals surface area contributed by atoms with Crippen LogP contribution < -0.4 is 5.32 Å². The predicted octanol–water partition coefficient (Wildman–Crippen LogP) is 4.06. The van der Waals surface area contributed by atoms with Crippen molar-refractivity contribution in [3.05, 3.63) is 35.9 Å². The fourth-order valence-corrected chi connectivity index (χ4v) is 2.79. The number of hydrogen-bond donors (Lipinski definition) is 1. The summed E-state index contributed by atoms with van der Waals surface area (Å²) in [4.78, 5) is 24.1. The second kappa shape index (κ2) is 8.01. The third kappa shape index (κ3) is 5.97. The molecule has 1 aliphatic rings. The number of rotatable bonds is 4. The molecule has 1 aromatic rings. The van der Waals surface area contributed by atoms with Crippen molar-refractivity contribution >= 4 is 12.1 Å². The maximum Gasteiger partial charge on any atom is 0.408 e. The molecule has 0 aliphatic heterocycles. The number of amides is 1. The Bertz CT molecular complexity index is 628. The number of esters is 1. The topological polar surface area (TPSA) is 64.6 Å². The van der Waals surface area contributed by atoms with Crippen molar-refractivity contribution in [3.63, 3.8) is 0 Å². The standard InChI is InChI=1S/C19H25F2NO4/c1-18(2,3)26-17(24)22-15-11-14(9-10-19(15,20)21)16(23)25-12-13-7-5-4-6-8-13/h4-8,14-15H,9-12H2,1-3H3,(H,22,24). The van der Waals surface area contributed by atoms with Gasteiger partial charge in [0.05, 0.1) is 12.0 Å². The minimum atomic E-state index is -3.09. The minimum Gasteiger partial charge on any atom is -0.461 e. The number of alkyl carbamates (subject to hydrolysis) is 1. The van der Waals surface area contributed by atoms with Crippen LogP contribution in [0.15, 0.2) is 30.3 Å². The van der Waals surface area contributed by atoms with Gasteiger partial charge in [-0.05, 0) is 39.2 Å². The van der Waals surface area contributed by atoms with Gasteiger partial charge in [0, 0.05) is 6.42 Å². The molecule has 7 heteroatoms. The third-order valence-corrected chi connectivity index (χ3v) is 4.10. The van der Waals surface area contributed by atoms with Gasteiger partial charge < -0.3 is 14.8 Å². The first-order valence-electron chi connectivity index (χ1n) is 8.65. The largest absolute Gasteiger partial charge is 0.461 e. The van der Waals surface area contributed by atoms with Crippen LogP contribution in [0.25, 0.3) is 0 Å². The molecule has 2 atom stereocenters. The molecule has 1 saturated carbocycles. The summed E-state index contributed by atoms with van der Waals surface area (Å²) in [6.45, 7) is 5.04. The molecule has 0 radical (unpaired) electrons. The second-order valence-electron chi connectivity index (χ2n) is 7.52. The van der Waals surface area contributed by atoms with Crippen LogP contribution in [0.5, 0.6) is 0 Å². The molecular formula is C19H25F2NO4. The highest BCUT2D eigenvalue weighted by molar-refractivity contribution is 5.73. The first kappa shape index (κ1) is 20.1. The van der Waals surface area contributed by atoms with Crippen LogP contribution in [0.4, 0.5) is 13.6 Å². The number of carbonyl (C=O) groups excluding carboxylic acids is 2. The van der Waals surface area contributed by atoms with Gasteiger partial charge in [0.2, 0.25) is 0 Å². The van der Waals surface area contributed by atoms with Crippen molar-refractivity contribution < 1.29 is 27.8 Å². The van der Waals surface area contributed by atoms with E-state index in [-0.39, 0.29) is 19.4 Å². The summed E-state index contributed by atoms with van der Waals surface area (Å²) >= 11 is 0. The van der Waals surface area contributed by atoms with Crippen LogP contribution in [0.1, 0.15) is 45.6 Å². The van der Waals surface area contributed by atoms with Gasteiger partial charge in [-0.3, -0.25) is 4.79 Å². The van der Waals surface area contributed by atoms with Crippen LogP contribution in [-0.4, -0.2) is 29.6 Å². The van der Waals surface area contributed by atoms with Gasteiger partial charge in [-0.1, -0.05) is 30.3 Å². The lowest BCUT2D eigenvalue weighted by Gasteiger charge is -2.35. The molecule has 1 amide bonds. The molecule has 26 heavy (non-hydrogen) atoms. The molecule has 2 unspecified atom stereocenters. The van der Waals surface area contributed by atoms with Crippen molar-refractivity contribution in [3.8, 4) is 0 Å². The smallest absolute Gasteiger partial charge is 0.408 e. The van der Waals surface area contributed by atoms with Gasteiger partial charge in [0.1, 0.15) is 12.2 Å². The summed E-state index contributed by atoms with van der Waals surface area (Å²) in [6.07, 6.45) is -1.56. The van der Waals surface area contributed by atoms with Gasteiger partial charge in [-0.2, -0.15) is 0 Å². The zero-order valence-electron chi connectivity index (χ0n) is 15.3. The van der Waals surface area contributed by atoms with E-state index in [2.05, 4.69) is 5.32 Å². The molecular weight excluding hydrogens is 344 g/mol. The Morgan fingerprint density at radius 1 is 1.23 bits per heavy atom. The van der Waals surface area contributed by atoms with Crippen molar-refractivity contribution in [2.24, 2.45) is 5.92 Å². The zero-order chi connectivity index (χ0) is 19.4. The van der Waals surface area contributed by atoms with E-state index in [9.17, 15) is 18.4 Å². The Morgan fingerprint density at radius 3 is 2.50 bits per heavy atom. The maximum atomic E-state index is 14.1. The van der Waals surface area contributed by atoms with Gasteiger partial charge in [-0.15, -0.1) is 0 Å². The van der Waals surface area contributed by atoms with E-state index < -0.39 is 42.0 Å². The summed E-state index contributed by atoms with van der Waals surface area (Å²) in [5.41, 5.74) is 0.0348. The average Bonchev–Trinajstić information content (AvgIpc) is 2.54. The lowest BCUT2D eigenvalue weighted by Crippen LogP contribution is -2.53. The van der Waals surface area contributed by atoms with E-state index >= 15 is 0 Å². The molecule has 1 aliphatic carbocycles. The summed E-state index contributed by atoms with van der Waals surface area (Å²) in [6, 6.07) is 7.67. The van der Waals surface area contributed by atoms with Crippen LogP contribution in [0.2, 0.25) is 0 Å². The fraction of sp³-hybridized carbons (Fsp3) is 0.579. The molecule has 144 valence electrons. The average molecular weight is 369 g/mol. The number of halogens is 2. The molecule has 0 bridgehead atoms. The van der Waals surface area contributed by atoms with E-state index in [4.69, 9.17) is 9.47 Å². The summed E-state index contributed by atoms with van der Waals surface area (Å²) in [5.74, 6) is -4.30. The van der Waals surface area contributed by atoms with Gasteiger partial charge in [-0.25, -0.2) is 13.6 Å². The van der Waals surface area contributed by atoms with Crippen LogP contribution in [0.3, 0.4) is 0 Å². The summed E-state index contributed by atoms with van der Waals surface area (Å²) in [5, 5.41) is 2.21. The van der Waals surface area contributed by atoms with Crippen LogP contribution >= 0.6 is 0 Å². The highest BCUT2D eigenvalue weighted by atomic mass is 19.3. The Balaban J connectivity index is 1.93. The highest BCUT2D eigenvalue weighted by Gasteiger charge is 2.47. The minimum absolute atomic E-state index is 0.0210. The van der Waals surface area contributed by atoms with E-state index in [1.807, 2.05) is 30.3 Å². The van der Waals surface area contributed by atoms with E-state index in [1.165, 1.54) is 0 Å². The molecule has 1 fully saturated rings. The molecule has 0 aromatic heterocycles. The van der Waals surface area contributed by atoms with Gasteiger partial charge >= 0.3 is 12.1 Å². The zero-order valence-corrected chi connectivity index (χ0v) is 15.3. The number of hydrogen-bond acceptors (Lipinski definition) is 4. The maximum absolute atomic E-state index is 14.1. The molecule has 0 saturated heterocycles. The van der Waals surface area contributed by atoms with E-state index in [0.29, 0.717) is 0 Å². The number of nitrogens with one attached hydrogen (secondary N) is 1. The number of carbonyl (C=O) groups is 2. The number of benzene rings is 1. The Morgan fingerprint density at radius 2 is 1.88 bits per heavy atom. The van der Waals surface area contributed by atoms with Crippen molar-refractivity contribution in [2.45, 2.75) is 64.2 Å². The number of alkyl halides is 2. The lowest BCUT2D eigenvalue weighted by atomic mass is 9.83. The predicted molar refractivity (Wildman–Crippen MR) is 91.7 cm³/mol. The SMILES string of the molecule is CC(C)(C)OC(=O)NC1CC(C(=O)OCc2ccccc2)CCC1(F)F. The van der Waals surface area contributed by atoms with Crippen molar-refractivity contribution in [2.75, 3.05) is 0 Å². The van der Waals surface area contributed by atoms with Crippen LogP contribution in [-0.2, 0) is 20.9 Å². The Labute approximate surface area is 152 Å². The first-order valence-corrected chi connectivity index (χ1v) is 8.65. The molecule has 0 heterocycles. The molecule has 5 nitrogen and oxygen atoms in total. The monoisotopic (exact) mass is 369 g/mol. The van der Waals surface area contributed by atoms with Crippen LogP contribution in [0, 0.1) is 5.92 Å². The first-order chi connectivity index (χ1) is 12.1. The normalized spacial score (nSPS) is 22.3. The summed E-state index contributed by atoms with van der Waals surface area (Å²) in [7, 11) is 0. The van der Waals surface area contributed by atoms with E-state index in [0.717, 1.165) is 5.56 Å².